The minimum Gasteiger partial charge on any atom is -0.311 e. The topological polar surface area (TPSA) is 15.3 Å². The van der Waals surface area contributed by atoms with Crippen molar-refractivity contribution in [3.63, 3.8) is 0 Å². The van der Waals surface area contributed by atoms with Crippen LogP contribution in [0.3, 0.4) is 0 Å². The van der Waals surface area contributed by atoms with Crippen molar-refractivity contribution < 1.29 is 0 Å². The molecule has 1 N–H and O–H groups in total. The summed E-state index contributed by atoms with van der Waals surface area (Å²) in [6.07, 6.45) is 7.87. The summed E-state index contributed by atoms with van der Waals surface area (Å²) in [5, 5.41) is 6.56. The van der Waals surface area contributed by atoms with Gasteiger partial charge in [0, 0.05) is 10.4 Å². The number of halogens is 1. The van der Waals surface area contributed by atoms with E-state index in [1.54, 1.807) is 11.3 Å². The van der Waals surface area contributed by atoms with Crippen molar-refractivity contribution in [2.45, 2.75) is 50.1 Å². The third-order valence-corrected chi connectivity index (χ3v) is 6.02. The second-order valence-corrected chi connectivity index (χ2v) is 7.12. The van der Waals surface area contributed by atoms with Crippen molar-refractivity contribution in [3.8, 4) is 0 Å². The summed E-state index contributed by atoms with van der Waals surface area (Å²) in [7, 11) is 6.51. The Kier molecular flexibility index (Phi) is 5.29. The molecular formula is C15H25ClN2S. The lowest BCUT2D eigenvalue weighted by atomic mass is 9.80. The highest BCUT2D eigenvalue weighted by molar-refractivity contribution is 7.10. The summed E-state index contributed by atoms with van der Waals surface area (Å²) >= 11 is 8.17. The van der Waals surface area contributed by atoms with E-state index in [0.717, 1.165) is 5.02 Å². The van der Waals surface area contributed by atoms with E-state index in [4.69, 9.17) is 11.6 Å². The van der Waals surface area contributed by atoms with Gasteiger partial charge in [0.2, 0.25) is 0 Å². The van der Waals surface area contributed by atoms with Crippen molar-refractivity contribution in [2.75, 3.05) is 21.1 Å². The fourth-order valence-corrected chi connectivity index (χ4v) is 4.88. The van der Waals surface area contributed by atoms with E-state index >= 15 is 0 Å². The van der Waals surface area contributed by atoms with Crippen LogP contribution in [0.15, 0.2) is 11.4 Å². The van der Waals surface area contributed by atoms with Crippen LogP contribution in [0.2, 0.25) is 5.02 Å². The number of likely N-dealkylation sites (N-methyl/N-ethyl adjacent to an activating group) is 2. The van der Waals surface area contributed by atoms with Crippen LogP contribution in [0.5, 0.6) is 0 Å². The summed E-state index contributed by atoms with van der Waals surface area (Å²) in [6.45, 7) is 0. The third-order valence-electron chi connectivity index (χ3n) is 4.59. The number of rotatable bonds is 4. The minimum atomic E-state index is 0.194. The van der Waals surface area contributed by atoms with Crippen LogP contribution in [-0.4, -0.2) is 31.6 Å². The van der Waals surface area contributed by atoms with Gasteiger partial charge in [0.25, 0.3) is 0 Å². The number of hydrogen-bond donors (Lipinski definition) is 1. The van der Waals surface area contributed by atoms with Crippen LogP contribution >= 0.6 is 22.9 Å². The summed E-state index contributed by atoms with van der Waals surface area (Å²) in [6, 6.07) is 2.35. The van der Waals surface area contributed by atoms with Crippen LogP contribution in [0.4, 0.5) is 0 Å². The average molecular weight is 301 g/mol. The first-order chi connectivity index (χ1) is 9.12. The Morgan fingerprint density at radius 1 is 1.26 bits per heavy atom. The molecule has 2 nitrogen and oxygen atoms in total. The molecule has 1 aromatic heterocycles. The van der Waals surface area contributed by atoms with E-state index < -0.39 is 0 Å². The van der Waals surface area contributed by atoms with Gasteiger partial charge in [-0.25, -0.2) is 0 Å². The van der Waals surface area contributed by atoms with E-state index in [1.807, 2.05) is 6.07 Å². The zero-order chi connectivity index (χ0) is 13.9. The molecule has 0 saturated heterocycles. The standard InChI is InChI=1S/C15H25ClN2S/c1-17-14(13-12(16)8-11-19-13)15(18(2)3)9-6-4-5-7-10-15/h8,11,14,17H,4-7,9-10H2,1-3H3. The molecule has 1 fully saturated rings. The second kappa shape index (κ2) is 6.57. The van der Waals surface area contributed by atoms with Crippen molar-refractivity contribution >= 4 is 22.9 Å². The van der Waals surface area contributed by atoms with Crippen LogP contribution in [0, 0.1) is 0 Å². The molecule has 1 unspecified atom stereocenters. The van der Waals surface area contributed by atoms with E-state index in [2.05, 4.69) is 36.7 Å². The third kappa shape index (κ3) is 2.99. The number of nitrogens with one attached hydrogen (secondary N) is 1. The fourth-order valence-electron chi connectivity index (χ4n) is 3.49. The van der Waals surface area contributed by atoms with Gasteiger partial charge in [0.05, 0.1) is 11.1 Å². The number of nitrogens with zero attached hydrogens (tertiary/aromatic N) is 1. The molecule has 0 aromatic carbocycles. The fraction of sp³-hybridized carbons (Fsp3) is 0.733. The Morgan fingerprint density at radius 3 is 2.32 bits per heavy atom. The lowest BCUT2D eigenvalue weighted by Gasteiger charge is -2.45. The molecule has 0 bridgehead atoms. The molecule has 0 spiro atoms. The molecule has 1 heterocycles. The number of hydrogen-bond acceptors (Lipinski definition) is 3. The summed E-state index contributed by atoms with van der Waals surface area (Å²) in [4.78, 5) is 3.72. The highest BCUT2D eigenvalue weighted by atomic mass is 35.5. The van der Waals surface area contributed by atoms with Crippen LogP contribution in [0.25, 0.3) is 0 Å². The van der Waals surface area contributed by atoms with Crippen LogP contribution in [0.1, 0.15) is 49.4 Å². The van der Waals surface area contributed by atoms with Crippen LogP contribution in [-0.2, 0) is 0 Å². The average Bonchev–Trinajstić information content (AvgIpc) is 2.67. The maximum absolute atomic E-state index is 6.39. The first-order valence-corrected chi connectivity index (χ1v) is 8.45. The zero-order valence-corrected chi connectivity index (χ0v) is 13.8. The van der Waals surface area contributed by atoms with E-state index in [0.29, 0.717) is 6.04 Å². The molecule has 0 aliphatic heterocycles. The Morgan fingerprint density at radius 2 is 1.89 bits per heavy atom. The lowest BCUT2D eigenvalue weighted by molar-refractivity contribution is 0.0849. The monoisotopic (exact) mass is 300 g/mol. The highest BCUT2D eigenvalue weighted by Gasteiger charge is 2.42. The molecule has 1 saturated carbocycles. The Labute approximate surface area is 126 Å². The molecule has 2 rings (SSSR count). The molecule has 1 atom stereocenters. The van der Waals surface area contributed by atoms with Gasteiger partial charge in [-0.15, -0.1) is 11.3 Å². The molecule has 19 heavy (non-hydrogen) atoms. The Balaban J connectivity index is 2.37. The van der Waals surface area contributed by atoms with Crippen molar-refractivity contribution in [1.29, 1.82) is 0 Å². The molecular weight excluding hydrogens is 276 g/mol. The van der Waals surface area contributed by atoms with Crippen molar-refractivity contribution in [2.24, 2.45) is 0 Å². The molecule has 1 aliphatic rings. The quantitative estimate of drug-likeness (QED) is 0.833. The van der Waals surface area contributed by atoms with Crippen molar-refractivity contribution in [3.05, 3.63) is 21.3 Å². The van der Waals surface area contributed by atoms with Gasteiger partial charge >= 0.3 is 0 Å². The van der Waals surface area contributed by atoms with E-state index in [9.17, 15) is 0 Å². The Bertz CT molecular complexity index is 395. The summed E-state index contributed by atoms with van der Waals surface area (Å²) in [5.74, 6) is 0. The molecule has 4 heteroatoms. The predicted octanol–water partition coefficient (Wildman–Crippen LogP) is 4.32. The number of thiophene rings is 1. The van der Waals surface area contributed by atoms with Gasteiger partial charge in [-0.2, -0.15) is 0 Å². The van der Waals surface area contributed by atoms with Crippen LogP contribution < -0.4 is 5.32 Å². The molecule has 0 amide bonds. The molecule has 1 aliphatic carbocycles. The second-order valence-electron chi connectivity index (χ2n) is 5.77. The van der Waals surface area contributed by atoms with Gasteiger partial charge in [-0.1, -0.05) is 37.3 Å². The van der Waals surface area contributed by atoms with Crippen molar-refractivity contribution in [1.82, 2.24) is 10.2 Å². The molecule has 108 valence electrons. The SMILES string of the molecule is CNC(c1sccc1Cl)C1(N(C)C)CCCCCC1. The minimum absolute atomic E-state index is 0.194. The van der Waals surface area contributed by atoms with Gasteiger partial charge in [-0.05, 0) is 45.4 Å². The molecule has 1 aromatic rings. The van der Waals surface area contributed by atoms with Gasteiger partial charge < -0.3 is 10.2 Å². The first-order valence-electron chi connectivity index (χ1n) is 7.19. The highest BCUT2D eigenvalue weighted by Crippen LogP contribution is 2.44. The smallest absolute Gasteiger partial charge is 0.0614 e. The lowest BCUT2D eigenvalue weighted by Crippen LogP contribution is -2.52. The first kappa shape index (κ1) is 15.3. The summed E-state index contributed by atoms with van der Waals surface area (Å²) in [5.41, 5.74) is 0.194. The zero-order valence-electron chi connectivity index (χ0n) is 12.2. The normalized spacial score (nSPS) is 21.3. The van der Waals surface area contributed by atoms with Gasteiger partial charge in [0.15, 0.2) is 0 Å². The maximum Gasteiger partial charge on any atom is 0.0614 e. The molecule has 0 radical (unpaired) electrons. The summed E-state index contributed by atoms with van der Waals surface area (Å²) < 4.78 is 0. The largest absolute Gasteiger partial charge is 0.311 e. The predicted molar refractivity (Wildman–Crippen MR) is 85.2 cm³/mol. The van der Waals surface area contributed by atoms with Gasteiger partial charge in [-0.3, -0.25) is 0 Å². The van der Waals surface area contributed by atoms with E-state index in [-0.39, 0.29) is 5.54 Å². The maximum atomic E-state index is 6.39. The van der Waals surface area contributed by atoms with Gasteiger partial charge in [0.1, 0.15) is 0 Å². The Hall–Kier alpha value is -0.0900. The van der Waals surface area contributed by atoms with E-state index in [1.165, 1.54) is 43.4 Å².